The first-order valence-corrected chi connectivity index (χ1v) is 8.22. The summed E-state index contributed by atoms with van der Waals surface area (Å²) in [5.41, 5.74) is 0.701. The number of unbranched alkanes of at least 4 members (excludes halogenated alkanes) is 1. The van der Waals surface area contributed by atoms with Crippen LogP contribution in [-0.4, -0.2) is 28.2 Å². The van der Waals surface area contributed by atoms with Gasteiger partial charge in [-0.3, -0.25) is 4.79 Å². The molecule has 2 saturated carbocycles. The summed E-state index contributed by atoms with van der Waals surface area (Å²) in [7, 11) is 0. The van der Waals surface area contributed by atoms with Crippen molar-refractivity contribution in [2.45, 2.75) is 58.2 Å². The van der Waals surface area contributed by atoms with Gasteiger partial charge in [0.15, 0.2) is 5.78 Å². The van der Waals surface area contributed by atoms with Crippen molar-refractivity contribution in [3.05, 3.63) is 24.3 Å². The average molecular weight is 292 g/mol. The molecule has 3 heteroatoms. The Kier molecular flexibility index (Phi) is 5.39. The van der Waals surface area contributed by atoms with Crippen LogP contribution in [-0.2, 0) is 4.79 Å². The molecule has 0 heterocycles. The van der Waals surface area contributed by atoms with Crippen molar-refractivity contribution in [1.82, 2.24) is 0 Å². The lowest BCUT2D eigenvalue weighted by molar-refractivity contribution is -0.118. The standard InChI is InChI=1S/C18H28O3/c1-4-5-6-11(2)16(19)8-7-13-14-9-12(3)18(21)15(14)10-17(13)20/h7-8,11,13-17,19-20H,3-6,9-10H2,1-2H3/t11?,13-,14-,15-,16-,17+/m0/s1. The maximum absolute atomic E-state index is 12.0. The van der Waals surface area contributed by atoms with Gasteiger partial charge < -0.3 is 10.2 Å². The van der Waals surface area contributed by atoms with Crippen molar-refractivity contribution in [1.29, 1.82) is 0 Å². The molecule has 0 saturated heterocycles. The van der Waals surface area contributed by atoms with E-state index in [4.69, 9.17) is 0 Å². The number of ketones is 1. The van der Waals surface area contributed by atoms with E-state index in [1.54, 1.807) is 0 Å². The van der Waals surface area contributed by atoms with Gasteiger partial charge >= 0.3 is 0 Å². The largest absolute Gasteiger partial charge is 0.392 e. The first kappa shape index (κ1) is 16.4. The van der Waals surface area contributed by atoms with Gasteiger partial charge in [0.05, 0.1) is 12.2 Å². The Labute approximate surface area is 127 Å². The van der Waals surface area contributed by atoms with Crippen LogP contribution >= 0.6 is 0 Å². The molecule has 0 aromatic carbocycles. The maximum atomic E-state index is 12.0. The number of rotatable bonds is 6. The Morgan fingerprint density at radius 2 is 2.19 bits per heavy atom. The second-order valence-corrected chi connectivity index (χ2v) is 6.82. The zero-order valence-electron chi connectivity index (χ0n) is 13.2. The Hall–Kier alpha value is -0.930. The Balaban J connectivity index is 1.97. The number of aliphatic hydroxyl groups is 2. The smallest absolute Gasteiger partial charge is 0.161 e. The number of carbonyl (C=O) groups is 1. The fourth-order valence-corrected chi connectivity index (χ4v) is 3.77. The van der Waals surface area contributed by atoms with E-state index in [1.165, 1.54) is 0 Å². The van der Waals surface area contributed by atoms with Crippen LogP contribution in [0.15, 0.2) is 24.3 Å². The van der Waals surface area contributed by atoms with Gasteiger partial charge in [-0.1, -0.05) is 45.4 Å². The summed E-state index contributed by atoms with van der Waals surface area (Å²) >= 11 is 0. The molecule has 21 heavy (non-hydrogen) atoms. The van der Waals surface area contributed by atoms with Gasteiger partial charge in [-0.15, -0.1) is 0 Å². The first-order valence-electron chi connectivity index (χ1n) is 8.22. The van der Waals surface area contributed by atoms with E-state index in [2.05, 4.69) is 20.4 Å². The van der Waals surface area contributed by atoms with Crippen molar-refractivity contribution in [3.8, 4) is 0 Å². The third-order valence-corrected chi connectivity index (χ3v) is 5.24. The van der Waals surface area contributed by atoms with Crippen LogP contribution in [0.4, 0.5) is 0 Å². The van der Waals surface area contributed by atoms with Crippen LogP contribution in [0.5, 0.6) is 0 Å². The van der Waals surface area contributed by atoms with Crippen molar-refractivity contribution in [2.24, 2.45) is 23.7 Å². The molecule has 0 radical (unpaired) electrons. The summed E-state index contributed by atoms with van der Waals surface area (Å²) in [5, 5.41) is 20.4. The zero-order valence-corrected chi connectivity index (χ0v) is 13.2. The molecule has 0 amide bonds. The number of allylic oxidation sites excluding steroid dienone is 1. The fraction of sp³-hybridized carbons (Fsp3) is 0.722. The molecule has 2 aliphatic rings. The number of carbonyl (C=O) groups excluding carboxylic acids is 1. The minimum Gasteiger partial charge on any atom is -0.392 e. The fourth-order valence-electron chi connectivity index (χ4n) is 3.77. The monoisotopic (exact) mass is 292 g/mol. The molecule has 118 valence electrons. The maximum Gasteiger partial charge on any atom is 0.161 e. The molecule has 0 aromatic rings. The predicted octanol–water partition coefficient (Wildman–Crippen LogP) is 2.87. The molecule has 2 fully saturated rings. The van der Waals surface area contributed by atoms with E-state index < -0.39 is 12.2 Å². The van der Waals surface area contributed by atoms with Gasteiger partial charge in [-0.2, -0.15) is 0 Å². The molecule has 2 aliphatic carbocycles. The quantitative estimate of drug-likeness (QED) is 0.584. The van der Waals surface area contributed by atoms with E-state index in [0.29, 0.717) is 18.4 Å². The second kappa shape index (κ2) is 6.89. The SMILES string of the molecule is C=C1C[C@H]2[C@H](C=C[C@H](O)C(C)CCCC)[C@H](O)C[C@@H]2C1=O. The summed E-state index contributed by atoms with van der Waals surface area (Å²) in [6.45, 7) is 8.03. The molecule has 0 bridgehead atoms. The summed E-state index contributed by atoms with van der Waals surface area (Å²) in [4.78, 5) is 12.0. The van der Waals surface area contributed by atoms with Crippen LogP contribution in [0.2, 0.25) is 0 Å². The van der Waals surface area contributed by atoms with Crippen LogP contribution in [0.3, 0.4) is 0 Å². The van der Waals surface area contributed by atoms with E-state index in [1.807, 2.05) is 12.2 Å². The topological polar surface area (TPSA) is 57.5 Å². The molecular formula is C18H28O3. The number of hydrogen-bond donors (Lipinski definition) is 2. The van der Waals surface area contributed by atoms with Gasteiger partial charge in [0.25, 0.3) is 0 Å². The zero-order chi connectivity index (χ0) is 15.6. The molecular weight excluding hydrogens is 264 g/mol. The second-order valence-electron chi connectivity index (χ2n) is 6.82. The molecule has 1 unspecified atom stereocenters. The minimum atomic E-state index is -0.469. The van der Waals surface area contributed by atoms with Crippen LogP contribution in [0.1, 0.15) is 46.0 Å². The number of hydrogen-bond acceptors (Lipinski definition) is 3. The van der Waals surface area contributed by atoms with Crippen molar-refractivity contribution in [3.63, 3.8) is 0 Å². The molecule has 6 atom stereocenters. The predicted molar refractivity (Wildman–Crippen MR) is 83.7 cm³/mol. The molecule has 3 nitrogen and oxygen atoms in total. The molecule has 2 rings (SSSR count). The van der Waals surface area contributed by atoms with Crippen molar-refractivity contribution < 1.29 is 15.0 Å². The Bertz CT molecular complexity index is 426. The van der Waals surface area contributed by atoms with Crippen LogP contribution in [0.25, 0.3) is 0 Å². The summed E-state index contributed by atoms with van der Waals surface area (Å²) in [6, 6.07) is 0. The normalized spacial score (nSPS) is 35.4. The molecule has 0 aromatic heterocycles. The number of aliphatic hydroxyl groups excluding tert-OH is 2. The van der Waals surface area contributed by atoms with Gasteiger partial charge in [-0.05, 0) is 36.7 Å². The highest BCUT2D eigenvalue weighted by Crippen LogP contribution is 2.48. The molecule has 0 spiro atoms. The lowest BCUT2D eigenvalue weighted by Gasteiger charge is -2.19. The number of fused-ring (bicyclic) bond motifs is 1. The van der Waals surface area contributed by atoms with E-state index in [0.717, 1.165) is 19.3 Å². The summed E-state index contributed by atoms with van der Waals surface area (Å²) < 4.78 is 0. The van der Waals surface area contributed by atoms with Gasteiger partial charge in [0, 0.05) is 11.8 Å². The van der Waals surface area contributed by atoms with Gasteiger partial charge in [-0.25, -0.2) is 0 Å². The minimum absolute atomic E-state index is 0.0220. The van der Waals surface area contributed by atoms with E-state index >= 15 is 0 Å². The van der Waals surface area contributed by atoms with E-state index in [-0.39, 0.29) is 29.5 Å². The summed E-state index contributed by atoms with van der Waals surface area (Å²) in [5.74, 6) is 0.458. The van der Waals surface area contributed by atoms with E-state index in [9.17, 15) is 15.0 Å². The molecule has 2 N–H and O–H groups in total. The average Bonchev–Trinajstić information content (AvgIpc) is 2.90. The third kappa shape index (κ3) is 3.46. The Morgan fingerprint density at radius 3 is 2.86 bits per heavy atom. The highest BCUT2D eigenvalue weighted by atomic mass is 16.3. The van der Waals surface area contributed by atoms with Crippen molar-refractivity contribution in [2.75, 3.05) is 0 Å². The van der Waals surface area contributed by atoms with Crippen LogP contribution in [0, 0.1) is 23.7 Å². The number of Topliss-reactive ketones (excluding diaryl/α,β-unsaturated/α-hetero) is 1. The third-order valence-electron chi connectivity index (χ3n) is 5.24. The summed E-state index contributed by atoms with van der Waals surface area (Å²) in [6.07, 6.45) is 7.32. The first-order chi connectivity index (χ1) is 9.95. The Morgan fingerprint density at radius 1 is 1.48 bits per heavy atom. The highest BCUT2D eigenvalue weighted by molar-refractivity contribution is 5.99. The van der Waals surface area contributed by atoms with Gasteiger partial charge in [0.2, 0.25) is 0 Å². The van der Waals surface area contributed by atoms with Crippen LogP contribution < -0.4 is 0 Å². The lowest BCUT2D eigenvalue weighted by Crippen LogP contribution is -2.19. The lowest BCUT2D eigenvalue weighted by atomic mass is 9.89. The highest BCUT2D eigenvalue weighted by Gasteiger charge is 2.49. The van der Waals surface area contributed by atoms with Gasteiger partial charge in [0.1, 0.15) is 0 Å². The van der Waals surface area contributed by atoms with Crippen molar-refractivity contribution >= 4 is 5.78 Å². The molecule has 0 aliphatic heterocycles.